The van der Waals surface area contributed by atoms with Gasteiger partial charge in [0.05, 0.1) is 24.8 Å². The van der Waals surface area contributed by atoms with Gasteiger partial charge in [0, 0.05) is 0 Å². The Kier molecular flexibility index (Phi) is 5.49. The molecule has 0 heterocycles. The van der Waals surface area contributed by atoms with Gasteiger partial charge in [-0.15, -0.1) is 0 Å². The molecule has 0 fully saturated rings. The highest BCUT2D eigenvalue weighted by atomic mass is 19.4. The van der Waals surface area contributed by atoms with Gasteiger partial charge in [0.1, 0.15) is 0 Å². The summed E-state index contributed by atoms with van der Waals surface area (Å²) in [5.74, 6) is -3.81. The van der Waals surface area contributed by atoms with Crippen LogP contribution in [0.5, 0.6) is 0 Å². The number of benzene rings is 1. The fraction of sp³-hybridized carbons (Fsp3) is 0.385. The number of alkyl halides is 6. The Morgan fingerprint density at radius 2 is 1.67 bits per heavy atom. The number of amides is 1. The number of para-hydroxylation sites is 1. The van der Waals surface area contributed by atoms with E-state index >= 15 is 0 Å². The van der Waals surface area contributed by atoms with Gasteiger partial charge in [-0.05, 0) is 12.1 Å². The molecule has 0 unspecified atom stereocenters. The minimum atomic E-state index is -5.57. The average Bonchev–Trinajstić information content (AvgIpc) is 2.44. The SMILES string of the molecule is COC(=O)[C@@](O)(CC(=O)Nc1ccccc1C(F)(F)F)C(F)(F)F. The third-order valence-electron chi connectivity index (χ3n) is 2.91. The molecule has 0 aliphatic heterocycles. The first-order valence-electron chi connectivity index (χ1n) is 6.16. The van der Waals surface area contributed by atoms with Crippen LogP contribution in [0.15, 0.2) is 24.3 Å². The number of aliphatic hydroxyl groups is 1. The largest absolute Gasteiger partial charge is 0.467 e. The molecule has 2 N–H and O–H groups in total. The summed E-state index contributed by atoms with van der Waals surface area (Å²) in [4.78, 5) is 22.8. The molecule has 1 aromatic carbocycles. The van der Waals surface area contributed by atoms with Gasteiger partial charge in [-0.3, -0.25) is 4.79 Å². The van der Waals surface area contributed by atoms with E-state index in [2.05, 4.69) is 4.74 Å². The second-order valence-electron chi connectivity index (χ2n) is 4.62. The van der Waals surface area contributed by atoms with Crippen LogP contribution in [0, 0.1) is 0 Å². The lowest BCUT2D eigenvalue weighted by Gasteiger charge is -2.27. The van der Waals surface area contributed by atoms with Crippen LogP contribution >= 0.6 is 0 Å². The Balaban J connectivity index is 3.07. The molecule has 1 atom stereocenters. The Bertz CT molecular complexity index is 628. The Morgan fingerprint density at radius 3 is 2.12 bits per heavy atom. The maximum atomic E-state index is 12.8. The molecule has 1 amide bonds. The number of hydrogen-bond donors (Lipinski definition) is 2. The summed E-state index contributed by atoms with van der Waals surface area (Å²) < 4.78 is 80.5. The third kappa shape index (κ3) is 4.16. The Hall–Kier alpha value is -2.30. The highest BCUT2D eigenvalue weighted by Crippen LogP contribution is 2.36. The third-order valence-corrected chi connectivity index (χ3v) is 2.91. The fourth-order valence-corrected chi connectivity index (χ4v) is 1.72. The van der Waals surface area contributed by atoms with Crippen LogP contribution < -0.4 is 5.32 Å². The molecular weight excluding hydrogens is 348 g/mol. The predicted octanol–water partition coefficient (Wildman–Crippen LogP) is 2.50. The molecular formula is C13H11F6NO4. The normalized spacial score (nSPS) is 14.7. The quantitative estimate of drug-likeness (QED) is 0.640. The van der Waals surface area contributed by atoms with Crippen LogP contribution in [0.25, 0.3) is 0 Å². The summed E-state index contributed by atoms with van der Waals surface area (Å²) in [6.07, 6.45) is -12.3. The summed E-state index contributed by atoms with van der Waals surface area (Å²) in [5, 5.41) is 11.0. The molecule has 1 rings (SSSR count). The number of ether oxygens (including phenoxy) is 1. The highest BCUT2D eigenvalue weighted by molar-refractivity contribution is 5.96. The number of hydrogen-bond acceptors (Lipinski definition) is 4. The summed E-state index contributed by atoms with van der Waals surface area (Å²) >= 11 is 0. The molecule has 0 saturated carbocycles. The van der Waals surface area contributed by atoms with E-state index in [0.29, 0.717) is 13.2 Å². The molecule has 5 nitrogen and oxygen atoms in total. The first-order chi connectivity index (χ1) is 10.8. The van der Waals surface area contributed by atoms with E-state index in [1.807, 2.05) is 0 Å². The monoisotopic (exact) mass is 359 g/mol. The van der Waals surface area contributed by atoms with Crippen LogP contribution in [-0.4, -0.2) is 35.9 Å². The fourth-order valence-electron chi connectivity index (χ4n) is 1.72. The van der Waals surface area contributed by atoms with Crippen LogP contribution in [0.2, 0.25) is 0 Å². The molecule has 1 aromatic rings. The standard InChI is InChI=1S/C13H11F6NO4/c1-24-10(22)11(23,13(17,18)19)6-9(21)20-8-5-3-2-4-7(8)12(14,15)16/h2-5,23H,6H2,1H3,(H,20,21)/t11-/m0/s1. The number of rotatable bonds is 4. The van der Waals surface area contributed by atoms with Crippen molar-refractivity contribution in [3.05, 3.63) is 29.8 Å². The number of halogens is 6. The van der Waals surface area contributed by atoms with Gasteiger partial charge < -0.3 is 15.2 Å². The molecule has 0 aliphatic rings. The van der Waals surface area contributed by atoms with Crippen molar-refractivity contribution in [1.82, 2.24) is 0 Å². The number of methoxy groups -OCH3 is 1. The topological polar surface area (TPSA) is 75.6 Å². The first-order valence-corrected chi connectivity index (χ1v) is 6.16. The van der Waals surface area contributed by atoms with Gasteiger partial charge in [-0.2, -0.15) is 26.3 Å². The van der Waals surface area contributed by atoms with Gasteiger partial charge >= 0.3 is 18.3 Å². The molecule has 134 valence electrons. The molecule has 0 saturated heterocycles. The smallest absolute Gasteiger partial charge is 0.428 e. The van der Waals surface area contributed by atoms with Crippen molar-refractivity contribution in [2.75, 3.05) is 12.4 Å². The van der Waals surface area contributed by atoms with Crippen molar-refractivity contribution in [1.29, 1.82) is 0 Å². The summed E-state index contributed by atoms with van der Waals surface area (Å²) in [7, 11) is 0.551. The number of nitrogens with one attached hydrogen (secondary N) is 1. The summed E-state index contributed by atoms with van der Waals surface area (Å²) in [6.45, 7) is 0. The molecule has 24 heavy (non-hydrogen) atoms. The molecule has 0 aliphatic carbocycles. The molecule has 11 heteroatoms. The van der Waals surface area contributed by atoms with Crippen LogP contribution in [0.1, 0.15) is 12.0 Å². The van der Waals surface area contributed by atoms with Crippen molar-refractivity contribution in [2.24, 2.45) is 0 Å². The van der Waals surface area contributed by atoms with Gasteiger partial charge in [0.25, 0.3) is 5.60 Å². The molecule has 0 bridgehead atoms. The predicted molar refractivity (Wildman–Crippen MR) is 67.7 cm³/mol. The zero-order chi connectivity index (χ0) is 18.8. The van der Waals surface area contributed by atoms with Crippen molar-refractivity contribution in [2.45, 2.75) is 24.4 Å². The van der Waals surface area contributed by atoms with Crippen molar-refractivity contribution >= 4 is 17.6 Å². The summed E-state index contributed by atoms with van der Waals surface area (Å²) in [6, 6.07) is 3.54. The maximum absolute atomic E-state index is 12.8. The number of carbonyl (C=O) groups excluding carboxylic acids is 2. The van der Waals surface area contributed by atoms with Crippen LogP contribution in [-0.2, 0) is 20.5 Å². The summed E-state index contributed by atoms with van der Waals surface area (Å²) in [5.41, 5.74) is -6.30. The van der Waals surface area contributed by atoms with Crippen molar-refractivity contribution in [3.8, 4) is 0 Å². The van der Waals surface area contributed by atoms with E-state index in [4.69, 9.17) is 0 Å². The second-order valence-corrected chi connectivity index (χ2v) is 4.62. The van der Waals surface area contributed by atoms with E-state index in [1.165, 1.54) is 0 Å². The second kappa shape index (κ2) is 6.67. The lowest BCUT2D eigenvalue weighted by Crippen LogP contribution is -2.54. The zero-order valence-electron chi connectivity index (χ0n) is 12.0. The molecule has 0 aromatic heterocycles. The van der Waals surface area contributed by atoms with Crippen molar-refractivity contribution < 1.29 is 45.8 Å². The van der Waals surface area contributed by atoms with Crippen LogP contribution in [0.4, 0.5) is 32.0 Å². The maximum Gasteiger partial charge on any atom is 0.428 e. The zero-order valence-corrected chi connectivity index (χ0v) is 12.0. The first kappa shape index (κ1) is 19.7. The van der Waals surface area contributed by atoms with E-state index in [9.17, 15) is 41.0 Å². The van der Waals surface area contributed by atoms with Crippen molar-refractivity contribution in [3.63, 3.8) is 0 Å². The molecule has 0 spiro atoms. The number of anilines is 1. The van der Waals surface area contributed by atoms with Crippen LogP contribution in [0.3, 0.4) is 0 Å². The Morgan fingerprint density at radius 1 is 1.12 bits per heavy atom. The van der Waals surface area contributed by atoms with E-state index in [0.717, 1.165) is 18.2 Å². The number of carbonyl (C=O) groups is 2. The minimum Gasteiger partial charge on any atom is -0.467 e. The van der Waals surface area contributed by atoms with E-state index in [1.54, 1.807) is 5.32 Å². The van der Waals surface area contributed by atoms with Gasteiger partial charge in [-0.25, -0.2) is 4.79 Å². The Labute approximate surface area is 131 Å². The van der Waals surface area contributed by atoms with E-state index < -0.39 is 47.5 Å². The lowest BCUT2D eigenvalue weighted by atomic mass is 9.98. The van der Waals surface area contributed by atoms with Gasteiger partial charge in [0.15, 0.2) is 0 Å². The molecule has 0 radical (unpaired) electrons. The number of esters is 1. The highest BCUT2D eigenvalue weighted by Gasteiger charge is 2.61. The average molecular weight is 359 g/mol. The minimum absolute atomic E-state index is 0.551. The van der Waals surface area contributed by atoms with Gasteiger partial charge in [0.2, 0.25) is 5.91 Å². The van der Waals surface area contributed by atoms with Gasteiger partial charge in [-0.1, -0.05) is 12.1 Å². The lowest BCUT2D eigenvalue weighted by molar-refractivity contribution is -0.261. The van der Waals surface area contributed by atoms with E-state index in [-0.39, 0.29) is 0 Å².